The Balaban J connectivity index is 1.99. The number of rotatable bonds is 6. The van der Waals surface area contributed by atoms with Crippen molar-refractivity contribution in [3.8, 4) is 0 Å². The molecule has 0 aliphatic heterocycles. The highest BCUT2D eigenvalue weighted by Gasteiger charge is 2.31. The minimum Gasteiger partial charge on any atom is -0.385 e. The maximum atomic E-state index is 11.2. The molecule has 24 heavy (non-hydrogen) atoms. The zero-order valence-corrected chi connectivity index (χ0v) is 15.9. The Morgan fingerprint density at radius 2 is 1.71 bits per heavy atom. The van der Waals surface area contributed by atoms with Gasteiger partial charge in [-0.1, -0.05) is 45.0 Å². The molecule has 2 unspecified atom stereocenters. The van der Waals surface area contributed by atoms with Gasteiger partial charge >= 0.3 is 0 Å². The normalized spacial score (nSPS) is 15.9. The van der Waals surface area contributed by atoms with Gasteiger partial charge in [0.1, 0.15) is 0 Å². The second kappa shape index (κ2) is 6.83. The highest BCUT2D eigenvalue weighted by atomic mass is 32.1. The number of fused-ring (bicyclic) bond motifs is 3. The van der Waals surface area contributed by atoms with Gasteiger partial charge in [-0.2, -0.15) is 0 Å². The Labute approximate surface area is 148 Å². The molecule has 0 aliphatic carbocycles. The van der Waals surface area contributed by atoms with Crippen LogP contribution >= 0.6 is 11.3 Å². The number of nitrogens with zero attached hydrogens (tertiary/aromatic N) is 1. The fraction of sp³-hybridized carbons (Fsp3) is 0.429. The summed E-state index contributed by atoms with van der Waals surface area (Å²) >= 11 is 1.82. The first-order valence-electron chi connectivity index (χ1n) is 8.83. The van der Waals surface area contributed by atoms with Crippen LogP contribution in [-0.4, -0.2) is 29.6 Å². The van der Waals surface area contributed by atoms with Crippen LogP contribution in [0, 0.1) is 5.92 Å². The molecule has 0 amide bonds. The van der Waals surface area contributed by atoms with Crippen LogP contribution in [0.4, 0.5) is 0 Å². The van der Waals surface area contributed by atoms with Crippen molar-refractivity contribution in [2.75, 3.05) is 19.6 Å². The third-order valence-electron chi connectivity index (χ3n) is 5.35. The van der Waals surface area contributed by atoms with Crippen LogP contribution in [0.3, 0.4) is 0 Å². The zero-order valence-electron chi connectivity index (χ0n) is 15.0. The van der Waals surface area contributed by atoms with Gasteiger partial charge in [0.2, 0.25) is 0 Å². The van der Waals surface area contributed by atoms with E-state index < -0.39 is 5.60 Å². The van der Waals surface area contributed by atoms with E-state index in [4.69, 9.17) is 0 Å². The van der Waals surface area contributed by atoms with E-state index in [0.717, 1.165) is 25.2 Å². The molecular formula is C21H27NOS. The highest BCUT2D eigenvalue weighted by molar-refractivity contribution is 7.25. The van der Waals surface area contributed by atoms with Crippen LogP contribution in [0.25, 0.3) is 20.2 Å². The molecule has 3 aromatic rings. The molecule has 3 heteroatoms. The van der Waals surface area contributed by atoms with Gasteiger partial charge < -0.3 is 10.0 Å². The Hall–Kier alpha value is -1.42. The predicted octanol–water partition coefficient (Wildman–Crippen LogP) is 5.24. The van der Waals surface area contributed by atoms with Gasteiger partial charge in [0.05, 0.1) is 5.60 Å². The molecule has 2 nitrogen and oxygen atoms in total. The SMILES string of the molecule is CCN(CC)CC(C)C(C)(O)c1ccc2sc3ccccc3c2c1. The van der Waals surface area contributed by atoms with Gasteiger partial charge in [-0.3, -0.25) is 0 Å². The maximum Gasteiger partial charge on any atom is 0.0906 e. The van der Waals surface area contributed by atoms with Gasteiger partial charge in [-0.15, -0.1) is 11.3 Å². The average molecular weight is 342 g/mol. The van der Waals surface area contributed by atoms with E-state index in [1.165, 1.54) is 20.2 Å². The topological polar surface area (TPSA) is 23.5 Å². The van der Waals surface area contributed by atoms with E-state index in [2.05, 4.69) is 68.1 Å². The molecule has 128 valence electrons. The predicted molar refractivity (Wildman–Crippen MR) is 106 cm³/mol. The molecule has 3 rings (SSSR count). The summed E-state index contributed by atoms with van der Waals surface area (Å²) in [6, 6.07) is 15.0. The van der Waals surface area contributed by atoms with E-state index in [9.17, 15) is 5.11 Å². The molecule has 0 aliphatic rings. The van der Waals surface area contributed by atoms with Crippen molar-refractivity contribution >= 4 is 31.5 Å². The van der Waals surface area contributed by atoms with Crippen LogP contribution in [0.2, 0.25) is 0 Å². The third-order valence-corrected chi connectivity index (χ3v) is 6.50. The quantitative estimate of drug-likeness (QED) is 0.663. The molecule has 0 saturated heterocycles. The van der Waals surface area contributed by atoms with Gasteiger partial charge in [0.15, 0.2) is 0 Å². The van der Waals surface area contributed by atoms with Crippen LogP contribution < -0.4 is 0 Å². The fourth-order valence-corrected chi connectivity index (χ4v) is 4.46. The summed E-state index contributed by atoms with van der Waals surface area (Å²) in [7, 11) is 0. The van der Waals surface area contributed by atoms with Crippen molar-refractivity contribution in [1.82, 2.24) is 4.90 Å². The van der Waals surface area contributed by atoms with Crippen LogP contribution in [0.1, 0.15) is 33.3 Å². The summed E-state index contributed by atoms with van der Waals surface area (Å²) in [4.78, 5) is 2.37. The summed E-state index contributed by atoms with van der Waals surface area (Å²) in [5, 5.41) is 13.8. The van der Waals surface area contributed by atoms with Crippen LogP contribution in [0.15, 0.2) is 42.5 Å². The average Bonchev–Trinajstić information content (AvgIpc) is 2.97. The first-order valence-corrected chi connectivity index (χ1v) is 9.65. The van der Waals surface area contributed by atoms with Gasteiger partial charge in [-0.25, -0.2) is 0 Å². The molecular weight excluding hydrogens is 314 g/mol. The van der Waals surface area contributed by atoms with E-state index in [-0.39, 0.29) is 5.92 Å². The summed E-state index contributed by atoms with van der Waals surface area (Å²) < 4.78 is 2.59. The first-order chi connectivity index (χ1) is 11.5. The lowest BCUT2D eigenvalue weighted by atomic mass is 9.83. The van der Waals surface area contributed by atoms with E-state index in [1.54, 1.807) is 0 Å². The molecule has 0 fully saturated rings. The van der Waals surface area contributed by atoms with E-state index in [1.807, 2.05) is 18.3 Å². The largest absolute Gasteiger partial charge is 0.385 e. The van der Waals surface area contributed by atoms with Gasteiger partial charge in [0.25, 0.3) is 0 Å². The third kappa shape index (κ3) is 3.08. The smallest absolute Gasteiger partial charge is 0.0906 e. The minimum absolute atomic E-state index is 0.166. The van der Waals surface area contributed by atoms with Crippen molar-refractivity contribution < 1.29 is 5.11 Å². The van der Waals surface area contributed by atoms with Crippen molar-refractivity contribution in [3.63, 3.8) is 0 Å². The number of hydrogen-bond donors (Lipinski definition) is 1. The van der Waals surface area contributed by atoms with Gasteiger partial charge in [0, 0.05) is 32.6 Å². The molecule has 0 radical (unpaired) electrons. The Bertz CT molecular complexity index is 832. The number of hydrogen-bond acceptors (Lipinski definition) is 3. The minimum atomic E-state index is -0.834. The van der Waals surface area contributed by atoms with Crippen molar-refractivity contribution in [1.29, 1.82) is 0 Å². The Kier molecular flexibility index (Phi) is 4.95. The molecule has 1 aromatic heterocycles. The molecule has 0 bridgehead atoms. The lowest BCUT2D eigenvalue weighted by molar-refractivity contribution is -0.0117. The number of benzene rings is 2. The molecule has 2 atom stereocenters. The molecule has 1 heterocycles. The lowest BCUT2D eigenvalue weighted by Crippen LogP contribution is -2.39. The maximum absolute atomic E-state index is 11.2. The fourth-order valence-electron chi connectivity index (χ4n) is 3.37. The Morgan fingerprint density at radius 3 is 2.42 bits per heavy atom. The highest BCUT2D eigenvalue weighted by Crippen LogP contribution is 2.38. The summed E-state index contributed by atoms with van der Waals surface area (Å²) in [5.74, 6) is 0.166. The lowest BCUT2D eigenvalue weighted by Gasteiger charge is -2.34. The second-order valence-corrected chi connectivity index (χ2v) is 7.93. The monoisotopic (exact) mass is 341 g/mol. The van der Waals surface area contributed by atoms with Crippen LogP contribution in [-0.2, 0) is 5.60 Å². The van der Waals surface area contributed by atoms with Crippen molar-refractivity contribution in [2.24, 2.45) is 5.92 Å². The molecule has 2 aromatic carbocycles. The molecule has 0 spiro atoms. The summed E-state index contributed by atoms with van der Waals surface area (Å²) in [6.45, 7) is 11.4. The number of thiophene rings is 1. The van der Waals surface area contributed by atoms with E-state index in [0.29, 0.717) is 0 Å². The van der Waals surface area contributed by atoms with Crippen LogP contribution in [0.5, 0.6) is 0 Å². The second-order valence-electron chi connectivity index (χ2n) is 6.84. The molecule has 1 N–H and O–H groups in total. The standard InChI is InChI=1S/C21H27NOS/c1-5-22(6-2)14-15(3)21(4,23)16-11-12-20-18(13-16)17-9-7-8-10-19(17)24-20/h7-13,15,23H,5-6,14H2,1-4H3. The summed E-state index contributed by atoms with van der Waals surface area (Å²) in [6.07, 6.45) is 0. The zero-order chi connectivity index (χ0) is 17.3. The van der Waals surface area contributed by atoms with Crippen molar-refractivity contribution in [3.05, 3.63) is 48.0 Å². The summed E-state index contributed by atoms with van der Waals surface area (Å²) in [5.41, 5.74) is 0.179. The first kappa shape index (κ1) is 17.4. The molecule has 0 saturated carbocycles. The Morgan fingerprint density at radius 1 is 1.04 bits per heavy atom. The number of aliphatic hydroxyl groups is 1. The van der Waals surface area contributed by atoms with Gasteiger partial charge in [-0.05, 0) is 43.8 Å². The van der Waals surface area contributed by atoms with Crippen molar-refractivity contribution in [2.45, 2.75) is 33.3 Å². The van der Waals surface area contributed by atoms with E-state index >= 15 is 0 Å².